The van der Waals surface area contributed by atoms with Gasteiger partial charge in [0.2, 0.25) is 0 Å². The van der Waals surface area contributed by atoms with Crippen LogP contribution in [0.3, 0.4) is 0 Å². The molecule has 1 aromatic carbocycles. The number of nitrogens with zero attached hydrogens (tertiary/aromatic N) is 2. The maximum Gasteiger partial charge on any atom is 0.0939 e. The largest absolute Gasteiger partial charge is 0.397 e. The lowest BCUT2D eigenvalue weighted by atomic mass is 10.1. The molecule has 0 aliphatic carbocycles. The molecule has 0 atom stereocenters. The van der Waals surface area contributed by atoms with E-state index < -0.39 is 0 Å². The predicted molar refractivity (Wildman–Crippen MR) is 84.7 cm³/mol. The van der Waals surface area contributed by atoms with Crippen LogP contribution in [0.2, 0.25) is 0 Å². The van der Waals surface area contributed by atoms with E-state index in [9.17, 15) is 0 Å². The second kappa shape index (κ2) is 5.06. The van der Waals surface area contributed by atoms with Gasteiger partial charge in [-0.15, -0.1) is 11.3 Å². The van der Waals surface area contributed by atoms with E-state index in [1.165, 1.54) is 0 Å². The zero-order valence-corrected chi connectivity index (χ0v) is 12.2. The summed E-state index contributed by atoms with van der Waals surface area (Å²) in [6.07, 6.45) is 1.88. The molecule has 0 spiro atoms. The molecule has 3 rings (SSSR count). The minimum absolute atomic E-state index is 0.707. The summed E-state index contributed by atoms with van der Waals surface area (Å²) in [6, 6.07) is 12.0. The number of pyridine rings is 1. The lowest BCUT2D eigenvalue weighted by Gasteiger charge is -2.10. The van der Waals surface area contributed by atoms with Gasteiger partial charge in [-0.25, -0.2) is 9.97 Å². The lowest BCUT2D eigenvalue weighted by Crippen LogP contribution is -1.97. The van der Waals surface area contributed by atoms with Crippen molar-refractivity contribution in [2.45, 2.75) is 13.8 Å². The zero-order chi connectivity index (χ0) is 14.1. The number of hydrogen-bond acceptors (Lipinski definition) is 4. The van der Waals surface area contributed by atoms with Gasteiger partial charge in [0.05, 0.1) is 27.0 Å². The Kier molecular flexibility index (Phi) is 3.24. The van der Waals surface area contributed by atoms with Crippen LogP contribution >= 0.6 is 11.3 Å². The first-order valence-corrected chi connectivity index (χ1v) is 7.22. The first kappa shape index (κ1) is 12.8. The highest BCUT2D eigenvalue weighted by Crippen LogP contribution is 2.32. The summed E-state index contributed by atoms with van der Waals surface area (Å²) in [5.41, 5.74) is 10.7. The molecule has 2 heterocycles. The van der Waals surface area contributed by atoms with E-state index >= 15 is 0 Å². The van der Waals surface area contributed by atoms with Crippen molar-refractivity contribution in [1.82, 2.24) is 9.97 Å². The summed E-state index contributed by atoms with van der Waals surface area (Å²) < 4.78 is 0. The summed E-state index contributed by atoms with van der Waals surface area (Å²) in [6.45, 7) is 4.03. The highest BCUT2D eigenvalue weighted by Gasteiger charge is 2.12. The molecular formula is C16H15N3S. The molecule has 2 N–H and O–H groups in total. The van der Waals surface area contributed by atoms with Crippen LogP contribution in [-0.4, -0.2) is 9.97 Å². The number of nitrogens with two attached hydrogens (primary N) is 1. The number of thiazole rings is 1. The van der Waals surface area contributed by atoms with Crippen molar-refractivity contribution in [3.05, 3.63) is 53.2 Å². The fraction of sp³-hybridized carbons (Fsp3) is 0.125. The minimum atomic E-state index is 0.707. The molecule has 0 fully saturated rings. The zero-order valence-electron chi connectivity index (χ0n) is 11.4. The third-order valence-corrected chi connectivity index (χ3v) is 4.06. The fourth-order valence-corrected chi connectivity index (χ4v) is 3.01. The number of aryl methyl sites for hydroxylation is 2. The van der Waals surface area contributed by atoms with E-state index in [0.717, 1.165) is 32.4 Å². The van der Waals surface area contributed by atoms with Crippen LogP contribution in [0.5, 0.6) is 0 Å². The SMILES string of the molecule is Cc1ncc(-c2nc(-c3ccccc3)c(N)cc2C)s1. The molecule has 0 unspecified atom stereocenters. The molecule has 2 aromatic heterocycles. The van der Waals surface area contributed by atoms with Crippen LogP contribution in [0.15, 0.2) is 42.6 Å². The summed E-state index contributed by atoms with van der Waals surface area (Å²) in [5.74, 6) is 0. The van der Waals surface area contributed by atoms with Crippen molar-refractivity contribution in [1.29, 1.82) is 0 Å². The standard InChI is InChI=1S/C16H15N3S/c1-10-8-13(17)16(12-6-4-3-5-7-12)19-15(10)14-9-18-11(2)20-14/h3-9H,17H2,1-2H3. The fourth-order valence-electron chi connectivity index (χ4n) is 2.18. The third-order valence-electron chi connectivity index (χ3n) is 3.14. The number of aromatic nitrogens is 2. The van der Waals surface area contributed by atoms with Gasteiger partial charge < -0.3 is 5.73 Å². The van der Waals surface area contributed by atoms with Gasteiger partial charge in [0.25, 0.3) is 0 Å². The van der Waals surface area contributed by atoms with Crippen LogP contribution in [0.1, 0.15) is 10.6 Å². The van der Waals surface area contributed by atoms with Gasteiger partial charge in [-0.3, -0.25) is 0 Å². The molecule has 0 saturated heterocycles. The molecule has 0 aliphatic heterocycles. The van der Waals surface area contributed by atoms with Crippen molar-refractivity contribution in [2.24, 2.45) is 0 Å². The highest BCUT2D eigenvalue weighted by molar-refractivity contribution is 7.15. The van der Waals surface area contributed by atoms with Crippen molar-refractivity contribution in [3.63, 3.8) is 0 Å². The Morgan fingerprint density at radius 1 is 1.05 bits per heavy atom. The van der Waals surface area contributed by atoms with Gasteiger partial charge >= 0.3 is 0 Å². The normalized spacial score (nSPS) is 10.7. The molecule has 0 saturated carbocycles. The van der Waals surface area contributed by atoms with Crippen molar-refractivity contribution in [2.75, 3.05) is 5.73 Å². The Bertz CT molecular complexity index is 748. The average molecular weight is 281 g/mol. The third kappa shape index (κ3) is 2.30. The Hall–Kier alpha value is -2.20. The molecule has 20 heavy (non-hydrogen) atoms. The second-order valence-electron chi connectivity index (χ2n) is 4.70. The van der Waals surface area contributed by atoms with Crippen LogP contribution in [0, 0.1) is 13.8 Å². The summed E-state index contributed by atoms with van der Waals surface area (Å²) >= 11 is 1.65. The summed E-state index contributed by atoms with van der Waals surface area (Å²) in [4.78, 5) is 10.2. The quantitative estimate of drug-likeness (QED) is 0.770. The molecule has 0 radical (unpaired) electrons. The van der Waals surface area contributed by atoms with Crippen LogP contribution in [-0.2, 0) is 0 Å². The van der Waals surface area contributed by atoms with E-state index in [4.69, 9.17) is 10.7 Å². The molecule has 0 bridgehead atoms. The van der Waals surface area contributed by atoms with Gasteiger partial charge in [-0.2, -0.15) is 0 Å². The molecule has 0 amide bonds. The van der Waals surface area contributed by atoms with E-state index in [0.29, 0.717) is 5.69 Å². The van der Waals surface area contributed by atoms with Crippen molar-refractivity contribution < 1.29 is 0 Å². The van der Waals surface area contributed by atoms with Gasteiger partial charge in [0.15, 0.2) is 0 Å². The first-order chi connectivity index (χ1) is 9.65. The van der Waals surface area contributed by atoms with Crippen LogP contribution in [0.25, 0.3) is 21.8 Å². The monoisotopic (exact) mass is 281 g/mol. The van der Waals surface area contributed by atoms with E-state index in [-0.39, 0.29) is 0 Å². The maximum atomic E-state index is 6.13. The number of rotatable bonds is 2. The Labute approximate surface area is 122 Å². The first-order valence-electron chi connectivity index (χ1n) is 6.40. The molecule has 4 heteroatoms. The van der Waals surface area contributed by atoms with Crippen molar-refractivity contribution in [3.8, 4) is 21.8 Å². The topological polar surface area (TPSA) is 51.8 Å². The van der Waals surface area contributed by atoms with E-state index in [2.05, 4.69) is 4.98 Å². The molecule has 100 valence electrons. The highest BCUT2D eigenvalue weighted by atomic mass is 32.1. The minimum Gasteiger partial charge on any atom is -0.397 e. The van der Waals surface area contributed by atoms with Gasteiger partial charge in [0.1, 0.15) is 0 Å². The molecular weight excluding hydrogens is 266 g/mol. The predicted octanol–water partition coefficient (Wildman–Crippen LogP) is 4.07. The number of benzene rings is 1. The molecule has 0 aliphatic rings. The maximum absolute atomic E-state index is 6.13. The van der Waals surface area contributed by atoms with Gasteiger partial charge in [-0.05, 0) is 25.5 Å². The lowest BCUT2D eigenvalue weighted by molar-refractivity contribution is 1.26. The second-order valence-corrected chi connectivity index (χ2v) is 5.94. The van der Waals surface area contributed by atoms with Crippen LogP contribution < -0.4 is 5.73 Å². The number of hydrogen-bond donors (Lipinski definition) is 1. The van der Waals surface area contributed by atoms with Gasteiger partial charge in [0, 0.05) is 11.8 Å². The molecule has 3 aromatic rings. The van der Waals surface area contributed by atoms with E-state index in [1.807, 2.05) is 56.4 Å². The van der Waals surface area contributed by atoms with Crippen molar-refractivity contribution >= 4 is 17.0 Å². The Balaban J connectivity index is 2.18. The Morgan fingerprint density at radius 2 is 1.80 bits per heavy atom. The molecule has 3 nitrogen and oxygen atoms in total. The van der Waals surface area contributed by atoms with E-state index in [1.54, 1.807) is 11.3 Å². The Morgan fingerprint density at radius 3 is 2.45 bits per heavy atom. The van der Waals surface area contributed by atoms with Gasteiger partial charge in [-0.1, -0.05) is 30.3 Å². The number of nitrogen functional groups attached to an aromatic ring is 1. The summed E-state index contributed by atoms with van der Waals surface area (Å²) in [7, 11) is 0. The van der Waals surface area contributed by atoms with Crippen LogP contribution in [0.4, 0.5) is 5.69 Å². The summed E-state index contributed by atoms with van der Waals surface area (Å²) in [5, 5.41) is 1.04. The number of anilines is 1. The average Bonchev–Trinajstić information content (AvgIpc) is 2.86. The smallest absolute Gasteiger partial charge is 0.0939 e.